The summed E-state index contributed by atoms with van der Waals surface area (Å²) in [6.45, 7) is 0.0840. The maximum absolute atomic E-state index is 11.8. The molecule has 0 spiro atoms. The van der Waals surface area contributed by atoms with Gasteiger partial charge in [0.1, 0.15) is 5.65 Å². The first-order valence-corrected chi connectivity index (χ1v) is 6.77. The Labute approximate surface area is 121 Å². The lowest BCUT2D eigenvalue weighted by Gasteiger charge is -2.16. The fourth-order valence-corrected chi connectivity index (χ4v) is 2.24. The van der Waals surface area contributed by atoms with Gasteiger partial charge in [-0.05, 0) is 25.0 Å². The summed E-state index contributed by atoms with van der Waals surface area (Å²) in [5.74, 6) is -0.897. The average Bonchev–Trinajstić information content (AvgIpc) is 3.14. The van der Waals surface area contributed by atoms with Crippen LogP contribution < -0.4 is 10.2 Å². The molecule has 0 aromatic carbocycles. The zero-order chi connectivity index (χ0) is 15.0. The van der Waals surface area contributed by atoms with Gasteiger partial charge in [-0.15, -0.1) is 0 Å². The molecule has 1 saturated carbocycles. The van der Waals surface area contributed by atoms with Crippen LogP contribution in [-0.4, -0.2) is 46.0 Å². The molecule has 0 saturated heterocycles. The molecule has 0 unspecified atom stereocenters. The molecule has 1 amide bonds. The van der Waals surface area contributed by atoms with Crippen molar-refractivity contribution in [2.75, 3.05) is 18.5 Å². The number of carboxylic acids is 1. The van der Waals surface area contributed by atoms with Crippen molar-refractivity contribution in [1.82, 2.24) is 14.7 Å². The smallest absolute Gasteiger partial charge is 0.356 e. The van der Waals surface area contributed by atoms with E-state index in [-0.39, 0.29) is 24.2 Å². The van der Waals surface area contributed by atoms with Gasteiger partial charge < -0.3 is 15.3 Å². The molecule has 0 atom stereocenters. The summed E-state index contributed by atoms with van der Waals surface area (Å²) in [5, 5.41) is 12.3. The van der Waals surface area contributed by atoms with Crippen LogP contribution in [0.5, 0.6) is 0 Å². The van der Waals surface area contributed by atoms with Crippen LogP contribution in [-0.2, 0) is 4.79 Å². The highest BCUT2D eigenvalue weighted by atomic mass is 16.4. The molecule has 0 radical (unpaired) electrons. The first kappa shape index (κ1) is 13.4. The van der Waals surface area contributed by atoms with Gasteiger partial charge >= 0.3 is 5.97 Å². The third kappa shape index (κ3) is 2.67. The first-order valence-electron chi connectivity index (χ1n) is 6.77. The van der Waals surface area contributed by atoms with Crippen molar-refractivity contribution in [3.63, 3.8) is 0 Å². The molecule has 21 heavy (non-hydrogen) atoms. The van der Waals surface area contributed by atoms with E-state index < -0.39 is 5.97 Å². The molecule has 2 N–H and O–H groups in total. The van der Waals surface area contributed by atoms with E-state index >= 15 is 0 Å². The minimum atomic E-state index is -1.07. The average molecular weight is 288 g/mol. The summed E-state index contributed by atoms with van der Waals surface area (Å²) >= 11 is 0. The summed E-state index contributed by atoms with van der Waals surface area (Å²) in [7, 11) is 1.67. The Bertz CT molecular complexity index is 705. The number of nitrogens with zero attached hydrogens (tertiary/aromatic N) is 3. The predicted molar refractivity (Wildman–Crippen MR) is 76.6 cm³/mol. The number of likely N-dealkylation sites (N-methyl/N-ethyl adjacent to an activating group) is 1. The number of carboxylic acid groups (broad SMARTS) is 1. The second kappa shape index (κ2) is 5.08. The van der Waals surface area contributed by atoms with Gasteiger partial charge in [0.05, 0.1) is 6.54 Å². The van der Waals surface area contributed by atoms with Crippen LogP contribution in [0.3, 0.4) is 0 Å². The molecule has 2 heterocycles. The quantitative estimate of drug-likeness (QED) is 0.847. The molecule has 1 fully saturated rings. The molecule has 7 heteroatoms. The topological polar surface area (TPSA) is 86.9 Å². The maximum Gasteiger partial charge on any atom is 0.356 e. The fourth-order valence-electron chi connectivity index (χ4n) is 2.24. The number of aromatic nitrogens is 2. The predicted octanol–water partition coefficient (Wildman–Crippen LogP) is 0.747. The SMILES string of the molecule is CN(CC(=O)NC1CC1)c1nc2ccccn2c1C(=O)O. The third-order valence-corrected chi connectivity index (χ3v) is 3.40. The maximum atomic E-state index is 11.8. The zero-order valence-corrected chi connectivity index (χ0v) is 11.6. The number of rotatable bonds is 5. The first-order chi connectivity index (χ1) is 10.1. The van der Waals surface area contributed by atoms with Crippen LogP contribution >= 0.6 is 0 Å². The van der Waals surface area contributed by atoms with Gasteiger partial charge in [0.25, 0.3) is 0 Å². The van der Waals surface area contributed by atoms with Crippen LogP contribution in [0, 0.1) is 0 Å². The number of imidazole rings is 1. The van der Waals surface area contributed by atoms with Crippen molar-refractivity contribution in [3.8, 4) is 0 Å². The van der Waals surface area contributed by atoms with Crippen molar-refractivity contribution in [2.24, 2.45) is 0 Å². The Balaban J connectivity index is 1.89. The number of fused-ring (bicyclic) bond motifs is 1. The molecule has 0 bridgehead atoms. The number of pyridine rings is 1. The van der Waals surface area contributed by atoms with Crippen molar-refractivity contribution in [2.45, 2.75) is 18.9 Å². The fraction of sp³-hybridized carbons (Fsp3) is 0.357. The van der Waals surface area contributed by atoms with E-state index in [0.717, 1.165) is 12.8 Å². The van der Waals surface area contributed by atoms with E-state index in [1.165, 1.54) is 4.40 Å². The second-order valence-corrected chi connectivity index (χ2v) is 5.22. The van der Waals surface area contributed by atoms with E-state index in [0.29, 0.717) is 11.5 Å². The van der Waals surface area contributed by atoms with Gasteiger partial charge in [-0.1, -0.05) is 6.07 Å². The molecule has 110 valence electrons. The molecule has 3 rings (SSSR count). The van der Waals surface area contributed by atoms with E-state index in [1.807, 2.05) is 0 Å². The molecule has 1 aliphatic rings. The van der Waals surface area contributed by atoms with Crippen LogP contribution in [0.2, 0.25) is 0 Å². The molecular weight excluding hydrogens is 272 g/mol. The summed E-state index contributed by atoms with van der Waals surface area (Å²) in [4.78, 5) is 29.2. The number of nitrogens with one attached hydrogen (secondary N) is 1. The summed E-state index contributed by atoms with van der Waals surface area (Å²) in [6.07, 6.45) is 3.68. The number of anilines is 1. The van der Waals surface area contributed by atoms with Gasteiger partial charge in [0.15, 0.2) is 11.5 Å². The van der Waals surface area contributed by atoms with Crippen LogP contribution in [0.4, 0.5) is 5.82 Å². The van der Waals surface area contributed by atoms with Gasteiger partial charge in [-0.3, -0.25) is 9.20 Å². The van der Waals surface area contributed by atoms with E-state index in [9.17, 15) is 14.7 Å². The Morgan fingerprint density at radius 1 is 1.48 bits per heavy atom. The summed E-state index contributed by atoms with van der Waals surface area (Å²) < 4.78 is 1.51. The lowest BCUT2D eigenvalue weighted by molar-refractivity contribution is -0.119. The highest BCUT2D eigenvalue weighted by Gasteiger charge is 2.26. The molecular formula is C14H16N4O3. The molecule has 7 nitrogen and oxygen atoms in total. The standard InChI is InChI=1S/C14H16N4O3/c1-17(8-11(19)15-9-5-6-9)13-12(14(20)21)18-7-3-2-4-10(18)16-13/h2-4,7,9H,5-6,8H2,1H3,(H,15,19)(H,20,21). The van der Waals surface area contributed by atoms with Crippen molar-refractivity contribution in [3.05, 3.63) is 30.1 Å². The molecule has 2 aromatic heterocycles. The zero-order valence-electron chi connectivity index (χ0n) is 11.6. The minimum Gasteiger partial charge on any atom is -0.476 e. The Morgan fingerprint density at radius 3 is 2.90 bits per heavy atom. The van der Waals surface area contributed by atoms with Crippen molar-refractivity contribution >= 4 is 23.3 Å². The number of amides is 1. The van der Waals surface area contributed by atoms with Gasteiger partial charge in [0.2, 0.25) is 5.91 Å². The number of hydrogen-bond acceptors (Lipinski definition) is 4. The van der Waals surface area contributed by atoms with Gasteiger partial charge in [0, 0.05) is 19.3 Å². The monoisotopic (exact) mass is 288 g/mol. The van der Waals surface area contributed by atoms with Gasteiger partial charge in [-0.25, -0.2) is 9.78 Å². The van der Waals surface area contributed by atoms with Crippen molar-refractivity contribution in [1.29, 1.82) is 0 Å². The van der Waals surface area contributed by atoms with Crippen LogP contribution in [0.25, 0.3) is 5.65 Å². The lowest BCUT2D eigenvalue weighted by atomic mass is 10.3. The van der Waals surface area contributed by atoms with E-state index in [4.69, 9.17) is 0 Å². The molecule has 2 aromatic rings. The van der Waals surface area contributed by atoms with E-state index in [2.05, 4.69) is 10.3 Å². The Morgan fingerprint density at radius 2 is 2.24 bits per heavy atom. The van der Waals surface area contributed by atoms with Crippen LogP contribution in [0.1, 0.15) is 23.3 Å². The van der Waals surface area contributed by atoms with Crippen LogP contribution in [0.15, 0.2) is 24.4 Å². The highest BCUT2D eigenvalue weighted by Crippen LogP contribution is 2.21. The Hall–Kier alpha value is -2.57. The third-order valence-electron chi connectivity index (χ3n) is 3.40. The largest absolute Gasteiger partial charge is 0.476 e. The minimum absolute atomic E-state index is 0.0623. The van der Waals surface area contributed by atoms with E-state index in [1.54, 1.807) is 36.3 Å². The lowest BCUT2D eigenvalue weighted by Crippen LogP contribution is -2.36. The normalized spacial score (nSPS) is 14.1. The van der Waals surface area contributed by atoms with Gasteiger partial charge in [-0.2, -0.15) is 0 Å². The second-order valence-electron chi connectivity index (χ2n) is 5.22. The number of carbonyl (C=O) groups excluding carboxylic acids is 1. The van der Waals surface area contributed by atoms with Crippen molar-refractivity contribution < 1.29 is 14.7 Å². The summed E-state index contributed by atoms with van der Waals surface area (Å²) in [5.41, 5.74) is 0.603. The number of aromatic carboxylic acids is 1. The number of hydrogen-bond donors (Lipinski definition) is 2. The Kier molecular flexibility index (Phi) is 3.25. The highest BCUT2D eigenvalue weighted by molar-refractivity contribution is 5.94. The summed E-state index contributed by atoms with van der Waals surface area (Å²) in [6, 6.07) is 5.54. The molecule has 1 aliphatic carbocycles. The molecule has 0 aliphatic heterocycles. The number of carbonyl (C=O) groups is 2.